The van der Waals surface area contributed by atoms with E-state index in [-0.39, 0.29) is 26.4 Å². The van der Waals surface area contributed by atoms with Crippen molar-refractivity contribution >= 4 is 0 Å². The smallest absolute Gasteiger partial charge is 0.0516 e. The minimum atomic E-state index is -0.808. The fourth-order valence-corrected chi connectivity index (χ4v) is 6.61. The fourth-order valence-electron chi connectivity index (χ4n) is 6.61. The van der Waals surface area contributed by atoms with Gasteiger partial charge in [-0.3, -0.25) is 0 Å². The Bertz CT molecular complexity index is 431. The highest BCUT2D eigenvalue weighted by molar-refractivity contribution is 4.97. The first-order valence-electron chi connectivity index (χ1n) is 16.6. The summed E-state index contributed by atoms with van der Waals surface area (Å²) in [6, 6.07) is 0. The summed E-state index contributed by atoms with van der Waals surface area (Å²) in [5.74, 6) is 0. The van der Waals surface area contributed by atoms with Crippen LogP contribution in [0.3, 0.4) is 0 Å². The molecule has 37 heavy (non-hydrogen) atoms. The zero-order valence-electron chi connectivity index (χ0n) is 24.7. The maximum Gasteiger partial charge on any atom is 0.0516 e. The van der Waals surface area contributed by atoms with Crippen LogP contribution >= 0.6 is 0 Å². The Morgan fingerprint density at radius 1 is 0.243 bits per heavy atom. The summed E-state index contributed by atoms with van der Waals surface area (Å²) < 4.78 is 0. The van der Waals surface area contributed by atoms with Gasteiger partial charge in [0.05, 0.1) is 26.4 Å². The van der Waals surface area contributed by atoms with Crippen LogP contribution in [-0.2, 0) is 0 Å². The van der Waals surface area contributed by atoms with E-state index in [1.807, 2.05) is 0 Å². The van der Waals surface area contributed by atoms with Crippen molar-refractivity contribution in [3.05, 3.63) is 0 Å². The molecule has 1 fully saturated rings. The van der Waals surface area contributed by atoms with Crippen LogP contribution in [0.25, 0.3) is 0 Å². The summed E-state index contributed by atoms with van der Waals surface area (Å²) in [5.41, 5.74) is -1.62. The van der Waals surface area contributed by atoms with E-state index >= 15 is 0 Å². The molecule has 1 rings (SSSR count). The van der Waals surface area contributed by atoms with E-state index < -0.39 is 10.8 Å². The van der Waals surface area contributed by atoms with Gasteiger partial charge >= 0.3 is 0 Å². The molecule has 0 heterocycles. The van der Waals surface area contributed by atoms with E-state index in [4.69, 9.17) is 0 Å². The third-order valence-corrected chi connectivity index (χ3v) is 9.65. The van der Waals surface area contributed by atoms with Crippen molar-refractivity contribution < 1.29 is 20.4 Å². The average molecular weight is 527 g/mol. The van der Waals surface area contributed by atoms with Crippen molar-refractivity contribution in [3.63, 3.8) is 0 Å². The normalized spacial score (nSPS) is 24.3. The lowest BCUT2D eigenvalue weighted by Gasteiger charge is -2.47. The van der Waals surface area contributed by atoms with E-state index in [1.165, 1.54) is 135 Å². The van der Waals surface area contributed by atoms with Crippen molar-refractivity contribution in [2.24, 2.45) is 10.8 Å². The van der Waals surface area contributed by atoms with Gasteiger partial charge in [0.15, 0.2) is 0 Å². The summed E-state index contributed by atoms with van der Waals surface area (Å²) in [6.07, 6.45) is 33.9. The number of hydrogen-bond donors (Lipinski definition) is 4. The Morgan fingerprint density at radius 2 is 0.378 bits per heavy atom. The Labute approximate surface area is 231 Å². The highest BCUT2D eigenvalue weighted by atomic mass is 16.3. The predicted molar refractivity (Wildman–Crippen MR) is 158 cm³/mol. The minimum absolute atomic E-state index is 0.176. The molecular weight excluding hydrogens is 460 g/mol. The number of aliphatic hydroxyl groups is 4. The summed E-state index contributed by atoms with van der Waals surface area (Å²) in [7, 11) is 0. The molecule has 1 saturated carbocycles. The molecular formula is C33H66O4. The molecule has 0 spiro atoms. The van der Waals surface area contributed by atoms with Crippen LogP contribution in [0.5, 0.6) is 0 Å². The summed E-state index contributed by atoms with van der Waals surface area (Å²) in [5, 5.41) is 41.4. The van der Waals surface area contributed by atoms with Gasteiger partial charge in [-0.2, -0.15) is 0 Å². The first kappa shape index (κ1) is 34.9. The molecule has 222 valence electrons. The standard InChI is InChI=1S/C33H66O4/c34-28-32(29-35)26-24-22-20-18-16-14-12-10-8-6-4-2-1-3-5-7-9-11-13-15-17-19-21-23-25-27-33(32,30-36)31-37/h34-37H,1-31H2. The molecule has 4 N–H and O–H groups in total. The van der Waals surface area contributed by atoms with E-state index in [0.717, 1.165) is 25.7 Å². The van der Waals surface area contributed by atoms with Crippen molar-refractivity contribution in [1.29, 1.82) is 0 Å². The molecule has 0 radical (unpaired) electrons. The maximum atomic E-state index is 10.3. The Hall–Kier alpha value is -0.160. The van der Waals surface area contributed by atoms with Crippen LogP contribution in [0.15, 0.2) is 0 Å². The molecule has 0 bridgehead atoms. The summed E-state index contributed by atoms with van der Waals surface area (Å²) >= 11 is 0. The quantitative estimate of drug-likeness (QED) is 0.296. The number of hydrogen-bond acceptors (Lipinski definition) is 4. The zero-order chi connectivity index (χ0) is 26.9. The van der Waals surface area contributed by atoms with E-state index in [1.54, 1.807) is 0 Å². The van der Waals surface area contributed by atoms with Gasteiger partial charge in [0.2, 0.25) is 0 Å². The predicted octanol–water partition coefficient (Wildman–Crippen LogP) is 8.47. The number of aliphatic hydroxyl groups excluding tert-OH is 4. The second-order valence-corrected chi connectivity index (χ2v) is 12.5. The first-order valence-corrected chi connectivity index (χ1v) is 16.6. The monoisotopic (exact) mass is 526 g/mol. The maximum absolute atomic E-state index is 10.3. The summed E-state index contributed by atoms with van der Waals surface area (Å²) in [6.45, 7) is -0.704. The van der Waals surface area contributed by atoms with Gasteiger partial charge in [-0.25, -0.2) is 0 Å². The SMILES string of the molecule is OCC1(CO)CCCCCCCCCCCCCCCCCCCCCCCCCCCC1(CO)CO. The van der Waals surface area contributed by atoms with Crippen molar-refractivity contribution in [1.82, 2.24) is 0 Å². The van der Waals surface area contributed by atoms with Crippen LogP contribution < -0.4 is 0 Å². The largest absolute Gasteiger partial charge is 0.396 e. The lowest BCUT2D eigenvalue weighted by atomic mass is 9.60. The second-order valence-electron chi connectivity index (χ2n) is 12.5. The van der Waals surface area contributed by atoms with Gasteiger partial charge in [-0.15, -0.1) is 0 Å². The first-order chi connectivity index (χ1) is 18.2. The third kappa shape index (κ3) is 14.7. The molecule has 0 amide bonds. The van der Waals surface area contributed by atoms with Crippen molar-refractivity contribution in [2.45, 2.75) is 173 Å². The van der Waals surface area contributed by atoms with Crippen molar-refractivity contribution in [3.8, 4) is 0 Å². The minimum Gasteiger partial charge on any atom is -0.396 e. The Balaban J connectivity index is 2.52. The molecule has 0 saturated heterocycles. The molecule has 1 aliphatic rings. The lowest BCUT2D eigenvalue weighted by molar-refractivity contribution is -0.124. The van der Waals surface area contributed by atoms with Gasteiger partial charge in [0.25, 0.3) is 0 Å². The van der Waals surface area contributed by atoms with Crippen LogP contribution in [0.2, 0.25) is 0 Å². The molecule has 0 aromatic heterocycles. The highest BCUT2D eigenvalue weighted by Crippen LogP contribution is 2.46. The number of rotatable bonds is 4. The van der Waals surface area contributed by atoms with Crippen LogP contribution in [0.4, 0.5) is 0 Å². The molecule has 4 nitrogen and oxygen atoms in total. The molecule has 0 aromatic carbocycles. The Kier molecular flexibility index (Phi) is 22.3. The zero-order valence-corrected chi connectivity index (χ0v) is 24.7. The van der Waals surface area contributed by atoms with E-state index in [9.17, 15) is 20.4 Å². The van der Waals surface area contributed by atoms with Crippen LogP contribution in [0, 0.1) is 10.8 Å². The van der Waals surface area contributed by atoms with Gasteiger partial charge in [-0.05, 0) is 12.8 Å². The van der Waals surface area contributed by atoms with Crippen molar-refractivity contribution in [2.75, 3.05) is 26.4 Å². The summed E-state index contributed by atoms with van der Waals surface area (Å²) in [4.78, 5) is 0. The Morgan fingerprint density at radius 3 is 0.514 bits per heavy atom. The van der Waals surface area contributed by atoms with Gasteiger partial charge in [0.1, 0.15) is 0 Å². The lowest BCUT2D eigenvalue weighted by Crippen LogP contribution is -2.52. The molecule has 4 heteroatoms. The van der Waals surface area contributed by atoms with Gasteiger partial charge in [0, 0.05) is 10.8 Å². The van der Waals surface area contributed by atoms with E-state index in [2.05, 4.69) is 0 Å². The molecule has 0 atom stereocenters. The molecule has 0 aromatic rings. The highest BCUT2D eigenvalue weighted by Gasteiger charge is 2.49. The second kappa shape index (κ2) is 23.7. The van der Waals surface area contributed by atoms with Gasteiger partial charge in [-0.1, -0.05) is 161 Å². The van der Waals surface area contributed by atoms with Gasteiger partial charge < -0.3 is 20.4 Å². The molecule has 0 unspecified atom stereocenters. The molecule has 0 aliphatic heterocycles. The fraction of sp³-hybridized carbons (Fsp3) is 1.00. The molecule has 1 aliphatic carbocycles. The van der Waals surface area contributed by atoms with Crippen LogP contribution in [0.1, 0.15) is 173 Å². The topological polar surface area (TPSA) is 80.9 Å². The van der Waals surface area contributed by atoms with Crippen LogP contribution in [-0.4, -0.2) is 46.9 Å². The third-order valence-electron chi connectivity index (χ3n) is 9.65. The van der Waals surface area contributed by atoms with E-state index in [0.29, 0.717) is 12.8 Å². The average Bonchev–Trinajstić information content (AvgIpc) is 2.93.